The third kappa shape index (κ3) is 4.70. The summed E-state index contributed by atoms with van der Waals surface area (Å²) in [5.74, 6) is -0.333. The van der Waals surface area contributed by atoms with Crippen LogP contribution in [0.1, 0.15) is 29.4 Å². The maximum Gasteiger partial charge on any atom is 0.271 e. The summed E-state index contributed by atoms with van der Waals surface area (Å²) in [5.41, 5.74) is 3.58. The van der Waals surface area contributed by atoms with Gasteiger partial charge in [-0.15, -0.1) is 0 Å². The van der Waals surface area contributed by atoms with E-state index < -0.39 is 0 Å². The van der Waals surface area contributed by atoms with E-state index in [2.05, 4.69) is 44.2 Å². The second-order valence-electron chi connectivity index (χ2n) is 8.23. The van der Waals surface area contributed by atoms with Crippen LogP contribution in [0.2, 0.25) is 0 Å². The Hall–Kier alpha value is -3.52. The van der Waals surface area contributed by atoms with Gasteiger partial charge in [-0.2, -0.15) is 0 Å². The van der Waals surface area contributed by atoms with Gasteiger partial charge in [0.25, 0.3) is 11.5 Å². The minimum Gasteiger partial charge on any atom is -0.370 e. The van der Waals surface area contributed by atoms with Crippen molar-refractivity contribution in [3.8, 4) is 11.3 Å². The van der Waals surface area contributed by atoms with Gasteiger partial charge < -0.3 is 20.1 Å². The van der Waals surface area contributed by atoms with Gasteiger partial charge in [0.05, 0.1) is 17.6 Å². The summed E-state index contributed by atoms with van der Waals surface area (Å²) >= 11 is 0. The summed E-state index contributed by atoms with van der Waals surface area (Å²) in [4.78, 5) is 41.0. The molecular formula is C24H28N6O2. The Labute approximate surface area is 187 Å². The van der Waals surface area contributed by atoms with Crippen molar-refractivity contribution in [1.29, 1.82) is 0 Å². The maximum absolute atomic E-state index is 12.8. The number of carbonyl (C=O) groups is 1. The second kappa shape index (κ2) is 9.32. The van der Waals surface area contributed by atoms with Crippen LogP contribution < -0.4 is 15.8 Å². The Kier molecular flexibility index (Phi) is 6.32. The van der Waals surface area contributed by atoms with Crippen LogP contribution in [0.3, 0.4) is 0 Å². The highest BCUT2D eigenvalue weighted by molar-refractivity contribution is 6.04. The number of aryl methyl sites for hydroxylation is 1. The number of aromatic nitrogens is 3. The lowest BCUT2D eigenvalue weighted by molar-refractivity contribution is 0.102. The van der Waals surface area contributed by atoms with Crippen molar-refractivity contribution >= 4 is 17.3 Å². The molecule has 3 heterocycles. The van der Waals surface area contributed by atoms with E-state index in [0.717, 1.165) is 37.3 Å². The number of hydrogen-bond acceptors (Lipinski definition) is 6. The first-order chi connectivity index (χ1) is 15.4. The number of carbonyl (C=O) groups excluding carboxylic acids is 1. The van der Waals surface area contributed by atoms with Gasteiger partial charge in [0.15, 0.2) is 0 Å². The smallest absolute Gasteiger partial charge is 0.271 e. The molecule has 0 spiro atoms. The molecule has 0 saturated carbocycles. The van der Waals surface area contributed by atoms with Crippen molar-refractivity contribution in [3.63, 3.8) is 0 Å². The number of hydrogen-bond donors (Lipinski definition) is 2. The zero-order chi connectivity index (χ0) is 22.7. The first kappa shape index (κ1) is 21.7. The number of likely N-dealkylation sites (N-methyl/N-ethyl adjacent to an activating group) is 1. The van der Waals surface area contributed by atoms with Gasteiger partial charge in [-0.05, 0) is 57.3 Å². The molecule has 1 saturated heterocycles. The fourth-order valence-electron chi connectivity index (χ4n) is 3.86. The van der Waals surface area contributed by atoms with Gasteiger partial charge in [-0.1, -0.05) is 6.92 Å². The summed E-state index contributed by atoms with van der Waals surface area (Å²) in [5, 5.41) is 2.73. The van der Waals surface area contributed by atoms with Crippen molar-refractivity contribution in [3.05, 3.63) is 70.5 Å². The SMILES string of the molecule is CCc1cncc(-c2c[nH]c(=O)c(NC(=O)c3ccc(N4CC[C@@H](N(C)C)C4)cc3)c2)n1. The second-order valence-corrected chi connectivity index (χ2v) is 8.23. The minimum absolute atomic E-state index is 0.175. The number of pyridine rings is 1. The number of benzene rings is 1. The van der Waals surface area contributed by atoms with E-state index in [4.69, 9.17) is 0 Å². The van der Waals surface area contributed by atoms with Crippen LogP contribution in [0.25, 0.3) is 11.3 Å². The molecule has 166 valence electrons. The van der Waals surface area contributed by atoms with Gasteiger partial charge in [-0.3, -0.25) is 14.6 Å². The van der Waals surface area contributed by atoms with Crippen LogP contribution in [0.15, 0.2) is 53.7 Å². The Balaban J connectivity index is 1.48. The molecule has 1 aromatic carbocycles. The van der Waals surface area contributed by atoms with Crippen molar-refractivity contribution in [2.24, 2.45) is 0 Å². The van der Waals surface area contributed by atoms with Crippen molar-refractivity contribution in [2.45, 2.75) is 25.8 Å². The fourth-order valence-corrected chi connectivity index (χ4v) is 3.86. The van der Waals surface area contributed by atoms with E-state index in [9.17, 15) is 9.59 Å². The van der Waals surface area contributed by atoms with E-state index >= 15 is 0 Å². The molecule has 1 aliphatic rings. The Morgan fingerprint density at radius 2 is 2.03 bits per heavy atom. The summed E-state index contributed by atoms with van der Waals surface area (Å²) in [6.45, 7) is 3.98. The van der Waals surface area contributed by atoms with Crippen LogP contribution in [0.4, 0.5) is 11.4 Å². The topological polar surface area (TPSA) is 94.2 Å². The summed E-state index contributed by atoms with van der Waals surface area (Å²) in [7, 11) is 4.21. The minimum atomic E-state index is -0.370. The highest BCUT2D eigenvalue weighted by Gasteiger charge is 2.24. The molecule has 1 amide bonds. The first-order valence-electron chi connectivity index (χ1n) is 10.8. The molecule has 2 N–H and O–H groups in total. The van der Waals surface area contributed by atoms with Crippen LogP contribution in [0, 0.1) is 0 Å². The van der Waals surface area contributed by atoms with Gasteiger partial charge in [-0.25, -0.2) is 4.98 Å². The lowest BCUT2D eigenvalue weighted by atomic mass is 10.1. The van der Waals surface area contributed by atoms with Gasteiger partial charge >= 0.3 is 0 Å². The van der Waals surface area contributed by atoms with Crippen LogP contribution in [-0.2, 0) is 6.42 Å². The normalized spacial score (nSPS) is 15.9. The molecule has 8 heteroatoms. The first-order valence-corrected chi connectivity index (χ1v) is 10.8. The highest BCUT2D eigenvalue weighted by atomic mass is 16.2. The average Bonchev–Trinajstić information content (AvgIpc) is 3.31. The zero-order valence-electron chi connectivity index (χ0n) is 18.6. The molecule has 1 aliphatic heterocycles. The number of amides is 1. The molecular weight excluding hydrogens is 404 g/mol. The predicted molar refractivity (Wildman–Crippen MR) is 126 cm³/mol. The van der Waals surface area contributed by atoms with Crippen molar-refractivity contribution in [1.82, 2.24) is 19.9 Å². The van der Waals surface area contributed by atoms with Gasteiger partial charge in [0.1, 0.15) is 5.69 Å². The molecule has 0 radical (unpaired) electrons. The molecule has 8 nitrogen and oxygen atoms in total. The highest BCUT2D eigenvalue weighted by Crippen LogP contribution is 2.23. The van der Waals surface area contributed by atoms with Crippen LogP contribution >= 0.6 is 0 Å². The molecule has 32 heavy (non-hydrogen) atoms. The largest absolute Gasteiger partial charge is 0.370 e. The van der Waals surface area contributed by atoms with E-state index in [1.165, 1.54) is 0 Å². The van der Waals surface area contributed by atoms with Gasteiger partial charge in [0, 0.05) is 48.3 Å². The monoisotopic (exact) mass is 432 g/mol. The quantitative estimate of drug-likeness (QED) is 0.622. The number of nitrogens with one attached hydrogen (secondary N) is 2. The Morgan fingerprint density at radius 1 is 1.25 bits per heavy atom. The zero-order valence-corrected chi connectivity index (χ0v) is 18.6. The van der Waals surface area contributed by atoms with Crippen LogP contribution in [-0.4, -0.2) is 59.0 Å². The van der Waals surface area contributed by atoms with Crippen molar-refractivity contribution in [2.75, 3.05) is 37.4 Å². The molecule has 0 aliphatic carbocycles. The molecule has 3 aromatic rings. The summed E-state index contributed by atoms with van der Waals surface area (Å²) in [6, 6.07) is 9.67. The van der Waals surface area contributed by atoms with Crippen LogP contribution in [0.5, 0.6) is 0 Å². The lowest BCUT2D eigenvalue weighted by Gasteiger charge is -2.22. The standard InChI is InChI=1S/C24H28N6O2/c1-4-18-13-25-14-22(27-18)17-11-21(24(32)26-12-17)28-23(31)16-5-7-19(8-6-16)30-10-9-20(15-30)29(2)3/h5-8,11-14,20H,4,9-10,15H2,1-3H3,(H,26,32)(H,28,31)/t20-/m1/s1. The third-order valence-electron chi connectivity index (χ3n) is 5.88. The third-order valence-corrected chi connectivity index (χ3v) is 5.88. The molecule has 0 unspecified atom stereocenters. The Morgan fingerprint density at radius 3 is 2.72 bits per heavy atom. The summed E-state index contributed by atoms with van der Waals surface area (Å²) < 4.78 is 0. The van der Waals surface area contributed by atoms with E-state index in [-0.39, 0.29) is 17.2 Å². The summed E-state index contributed by atoms with van der Waals surface area (Å²) in [6.07, 6.45) is 6.81. The molecule has 1 atom stereocenters. The molecule has 0 bridgehead atoms. The molecule has 1 fully saturated rings. The number of anilines is 2. The molecule has 4 rings (SSSR count). The number of aromatic amines is 1. The van der Waals surface area contributed by atoms with Gasteiger partial charge in [0.2, 0.25) is 0 Å². The number of rotatable bonds is 6. The predicted octanol–water partition coefficient (Wildman–Crippen LogP) is 2.79. The van der Waals surface area contributed by atoms with E-state index in [1.54, 1.807) is 36.8 Å². The van der Waals surface area contributed by atoms with E-state index in [1.807, 2.05) is 19.1 Å². The fraction of sp³-hybridized carbons (Fsp3) is 0.333. The lowest BCUT2D eigenvalue weighted by Crippen LogP contribution is -2.31. The van der Waals surface area contributed by atoms with E-state index in [0.29, 0.717) is 22.9 Å². The Bertz CT molecular complexity index is 1160. The maximum atomic E-state index is 12.8. The number of nitrogens with zero attached hydrogens (tertiary/aromatic N) is 4. The average molecular weight is 433 g/mol. The molecule has 2 aromatic heterocycles. The van der Waals surface area contributed by atoms with Crippen molar-refractivity contribution < 1.29 is 4.79 Å². The number of H-pyrrole nitrogens is 1.